The van der Waals surface area contributed by atoms with Gasteiger partial charge < -0.3 is 9.42 Å². The fraction of sp³-hybridized carbons (Fsp3) is 0.500. The summed E-state index contributed by atoms with van der Waals surface area (Å²) in [6, 6.07) is 2.13. The molecule has 8 heteroatoms. The normalized spacial score (nSPS) is 19.2. The van der Waals surface area contributed by atoms with Gasteiger partial charge >= 0.3 is 0 Å². The minimum Gasteiger partial charge on any atom is -0.361 e. The van der Waals surface area contributed by atoms with Gasteiger partial charge in [0.1, 0.15) is 12.1 Å². The maximum absolute atomic E-state index is 5.44. The Morgan fingerprint density at radius 2 is 2.04 bits per heavy atom. The number of nitrogens with zero attached hydrogens (tertiary/aromatic N) is 7. The zero-order valence-electron chi connectivity index (χ0n) is 13.4. The lowest BCUT2D eigenvalue weighted by Gasteiger charge is -2.34. The molecule has 0 radical (unpaired) electrons. The molecule has 3 aromatic rings. The second-order valence-corrected chi connectivity index (χ2v) is 6.57. The van der Waals surface area contributed by atoms with Crippen LogP contribution < -0.4 is 4.90 Å². The SMILES string of the molecule is c1cn2cnnc2c(N2CCN(Cc3cc(C4CC4)on3)CC2)n1. The Bertz CT molecular complexity index is 845. The van der Waals surface area contributed by atoms with Gasteiger partial charge in [0.25, 0.3) is 0 Å². The van der Waals surface area contributed by atoms with E-state index in [1.807, 2.05) is 10.6 Å². The fourth-order valence-corrected chi connectivity index (χ4v) is 3.28. The third-order valence-corrected chi connectivity index (χ3v) is 4.81. The summed E-state index contributed by atoms with van der Waals surface area (Å²) in [6.45, 7) is 4.65. The highest BCUT2D eigenvalue weighted by atomic mass is 16.5. The van der Waals surface area contributed by atoms with E-state index in [0.29, 0.717) is 5.92 Å². The quantitative estimate of drug-likeness (QED) is 0.716. The Morgan fingerprint density at radius 1 is 1.17 bits per heavy atom. The van der Waals surface area contributed by atoms with Crippen LogP contribution in [0.5, 0.6) is 0 Å². The molecule has 1 aliphatic heterocycles. The van der Waals surface area contributed by atoms with E-state index in [1.165, 1.54) is 12.8 Å². The van der Waals surface area contributed by atoms with Gasteiger partial charge in [-0.15, -0.1) is 10.2 Å². The molecule has 1 aliphatic carbocycles. The van der Waals surface area contributed by atoms with Crippen LogP contribution in [0.2, 0.25) is 0 Å². The van der Waals surface area contributed by atoms with Crippen molar-refractivity contribution in [1.82, 2.24) is 29.6 Å². The maximum Gasteiger partial charge on any atom is 0.203 e. The van der Waals surface area contributed by atoms with Gasteiger partial charge in [-0.05, 0) is 12.8 Å². The molecule has 3 aromatic heterocycles. The Kier molecular flexibility index (Phi) is 3.22. The molecule has 1 saturated heterocycles. The largest absolute Gasteiger partial charge is 0.361 e. The molecule has 1 saturated carbocycles. The molecule has 124 valence electrons. The second-order valence-electron chi connectivity index (χ2n) is 6.57. The van der Waals surface area contributed by atoms with Crippen molar-refractivity contribution in [2.75, 3.05) is 31.1 Å². The number of rotatable bonds is 4. The first-order valence-corrected chi connectivity index (χ1v) is 8.44. The third kappa shape index (κ3) is 2.52. The van der Waals surface area contributed by atoms with E-state index in [1.54, 1.807) is 12.5 Å². The van der Waals surface area contributed by atoms with Crippen LogP contribution in [0.1, 0.15) is 30.2 Å². The van der Waals surface area contributed by atoms with Crippen molar-refractivity contribution >= 4 is 11.5 Å². The summed E-state index contributed by atoms with van der Waals surface area (Å²) in [4.78, 5) is 9.19. The van der Waals surface area contributed by atoms with E-state index in [2.05, 4.69) is 36.2 Å². The predicted octanol–water partition coefficient (Wildman–Crippen LogP) is 1.31. The average Bonchev–Trinajstić information content (AvgIpc) is 3.17. The fourth-order valence-electron chi connectivity index (χ4n) is 3.28. The molecule has 0 amide bonds. The zero-order chi connectivity index (χ0) is 15.9. The lowest BCUT2D eigenvalue weighted by molar-refractivity contribution is 0.241. The standard InChI is InChI=1S/C16H19N7O/c1-2-12(1)14-9-13(20-24-14)10-21-5-7-22(8-6-21)15-16-19-18-11-23(16)4-3-17-15/h3-4,9,11-12H,1-2,5-8,10H2. The molecular weight excluding hydrogens is 306 g/mol. The Morgan fingerprint density at radius 3 is 2.88 bits per heavy atom. The van der Waals surface area contributed by atoms with Gasteiger partial charge in [0.2, 0.25) is 5.65 Å². The average molecular weight is 325 g/mol. The van der Waals surface area contributed by atoms with E-state index in [-0.39, 0.29) is 0 Å². The van der Waals surface area contributed by atoms with Crippen LogP contribution in [0.15, 0.2) is 29.3 Å². The molecule has 2 aliphatic rings. The van der Waals surface area contributed by atoms with Crippen LogP contribution in [0.3, 0.4) is 0 Å². The molecule has 24 heavy (non-hydrogen) atoms. The van der Waals surface area contributed by atoms with Crippen molar-refractivity contribution in [2.45, 2.75) is 25.3 Å². The molecule has 0 N–H and O–H groups in total. The van der Waals surface area contributed by atoms with Crippen molar-refractivity contribution in [3.05, 3.63) is 36.2 Å². The minimum atomic E-state index is 0.623. The summed E-state index contributed by atoms with van der Waals surface area (Å²) in [7, 11) is 0. The summed E-state index contributed by atoms with van der Waals surface area (Å²) in [5.41, 5.74) is 1.86. The Hall–Kier alpha value is -2.48. The number of hydrogen-bond acceptors (Lipinski definition) is 7. The molecule has 5 rings (SSSR count). The maximum atomic E-state index is 5.44. The van der Waals surface area contributed by atoms with Crippen molar-refractivity contribution in [1.29, 1.82) is 0 Å². The van der Waals surface area contributed by atoms with Gasteiger partial charge in [-0.3, -0.25) is 9.30 Å². The second kappa shape index (κ2) is 5.55. The molecule has 8 nitrogen and oxygen atoms in total. The van der Waals surface area contributed by atoms with Gasteiger partial charge in [0.05, 0.1) is 5.69 Å². The molecule has 0 atom stereocenters. The third-order valence-electron chi connectivity index (χ3n) is 4.81. The predicted molar refractivity (Wildman–Crippen MR) is 86.8 cm³/mol. The van der Waals surface area contributed by atoms with E-state index in [9.17, 15) is 0 Å². The Balaban J connectivity index is 1.24. The molecule has 4 heterocycles. The topological polar surface area (TPSA) is 75.6 Å². The number of aromatic nitrogens is 5. The monoisotopic (exact) mass is 325 g/mol. The van der Waals surface area contributed by atoms with Crippen molar-refractivity contribution in [3.63, 3.8) is 0 Å². The van der Waals surface area contributed by atoms with Gasteiger partial charge in [0.15, 0.2) is 5.82 Å². The van der Waals surface area contributed by atoms with Gasteiger partial charge in [-0.1, -0.05) is 5.16 Å². The number of fused-ring (bicyclic) bond motifs is 1. The lowest BCUT2D eigenvalue weighted by Crippen LogP contribution is -2.46. The van der Waals surface area contributed by atoms with Crippen LogP contribution in [0.25, 0.3) is 5.65 Å². The van der Waals surface area contributed by atoms with Gasteiger partial charge in [0, 0.05) is 57.1 Å². The first kappa shape index (κ1) is 13.9. The van der Waals surface area contributed by atoms with Crippen molar-refractivity contribution in [3.8, 4) is 0 Å². The first-order valence-electron chi connectivity index (χ1n) is 8.44. The summed E-state index contributed by atoms with van der Waals surface area (Å²) in [5.74, 6) is 2.59. The van der Waals surface area contributed by atoms with Crippen LogP contribution in [0, 0.1) is 0 Å². The van der Waals surface area contributed by atoms with Crippen molar-refractivity contribution < 1.29 is 4.52 Å². The first-order chi connectivity index (χ1) is 11.9. The van der Waals surface area contributed by atoms with Crippen molar-refractivity contribution in [2.24, 2.45) is 0 Å². The van der Waals surface area contributed by atoms with Crippen LogP contribution in [-0.4, -0.2) is 55.8 Å². The van der Waals surface area contributed by atoms with E-state index >= 15 is 0 Å². The smallest absolute Gasteiger partial charge is 0.203 e. The highest BCUT2D eigenvalue weighted by Crippen LogP contribution is 2.40. The Labute approximate surface area is 139 Å². The molecular formula is C16H19N7O. The van der Waals surface area contributed by atoms with Crippen LogP contribution >= 0.6 is 0 Å². The van der Waals surface area contributed by atoms with Crippen LogP contribution in [0.4, 0.5) is 5.82 Å². The molecule has 0 spiro atoms. The van der Waals surface area contributed by atoms with Gasteiger partial charge in [-0.25, -0.2) is 4.98 Å². The summed E-state index contributed by atoms with van der Waals surface area (Å²) >= 11 is 0. The minimum absolute atomic E-state index is 0.623. The highest BCUT2D eigenvalue weighted by molar-refractivity contribution is 5.63. The van der Waals surface area contributed by atoms with Crippen LogP contribution in [-0.2, 0) is 6.54 Å². The molecule has 0 aromatic carbocycles. The highest BCUT2D eigenvalue weighted by Gasteiger charge is 2.28. The summed E-state index contributed by atoms with van der Waals surface area (Å²) in [6.07, 6.45) is 7.87. The number of anilines is 1. The van der Waals surface area contributed by atoms with E-state index in [4.69, 9.17) is 4.52 Å². The number of hydrogen-bond donors (Lipinski definition) is 0. The zero-order valence-corrected chi connectivity index (χ0v) is 13.4. The van der Waals surface area contributed by atoms with E-state index < -0.39 is 0 Å². The summed E-state index contributed by atoms with van der Waals surface area (Å²) in [5, 5.41) is 12.4. The lowest BCUT2D eigenvalue weighted by atomic mass is 10.2. The molecule has 2 fully saturated rings. The molecule has 0 bridgehead atoms. The van der Waals surface area contributed by atoms with E-state index in [0.717, 1.165) is 55.6 Å². The summed E-state index contributed by atoms with van der Waals surface area (Å²) < 4.78 is 7.35. The molecule has 0 unspecified atom stereocenters. The number of piperazine rings is 1. The van der Waals surface area contributed by atoms with Gasteiger partial charge in [-0.2, -0.15) is 0 Å².